The molecule has 0 aliphatic carbocycles. The lowest BCUT2D eigenvalue weighted by Crippen LogP contribution is -2.40. The van der Waals surface area contributed by atoms with Crippen LogP contribution in [0.2, 0.25) is 0 Å². The summed E-state index contributed by atoms with van der Waals surface area (Å²) in [5.74, 6) is -0.423. The molecule has 1 N–H and O–H groups in total. The number of amides is 3. The lowest BCUT2D eigenvalue weighted by atomic mass is 10.1. The van der Waals surface area contributed by atoms with Gasteiger partial charge in [-0.05, 0) is 36.2 Å². The Morgan fingerprint density at radius 3 is 2.52 bits per heavy atom. The van der Waals surface area contributed by atoms with E-state index in [1.54, 1.807) is 6.08 Å². The second kappa shape index (κ2) is 7.46. The van der Waals surface area contributed by atoms with Gasteiger partial charge in [0.2, 0.25) is 5.91 Å². The van der Waals surface area contributed by atoms with Crippen molar-refractivity contribution in [2.45, 2.75) is 20.8 Å². The Hall–Kier alpha value is -2.08. The van der Waals surface area contributed by atoms with Crippen LogP contribution in [0.25, 0.3) is 6.08 Å². The largest absolute Gasteiger partial charge is 0.354 e. The number of carbonyl (C=O) groups excluding carboxylic acids is 3. The van der Waals surface area contributed by atoms with Gasteiger partial charge in [-0.3, -0.25) is 19.3 Å². The summed E-state index contributed by atoms with van der Waals surface area (Å²) in [5.41, 5.74) is 1.97. The highest BCUT2D eigenvalue weighted by Gasteiger charge is 2.36. The second-order valence-corrected chi connectivity index (χ2v) is 6.87. The zero-order valence-corrected chi connectivity index (χ0v) is 14.3. The van der Waals surface area contributed by atoms with E-state index in [9.17, 15) is 14.4 Å². The van der Waals surface area contributed by atoms with Crippen molar-refractivity contribution in [3.8, 4) is 0 Å². The molecule has 1 aliphatic rings. The summed E-state index contributed by atoms with van der Waals surface area (Å²) >= 11 is 0.866. The van der Waals surface area contributed by atoms with Gasteiger partial charge in [0.15, 0.2) is 0 Å². The highest BCUT2D eigenvalue weighted by molar-refractivity contribution is 8.18. The van der Waals surface area contributed by atoms with Crippen molar-refractivity contribution in [1.29, 1.82) is 0 Å². The van der Waals surface area contributed by atoms with Crippen molar-refractivity contribution in [3.63, 3.8) is 0 Å². The van der Waals surface area contributed by atoms with E-state index in [0.717, 1.165) is 27.8 Å². The van der Waals surface area contributed by atoms with E-state index >= 15 is 0 Å². The third-order valence-electron chi connectivity index (χ3n) is 3.26. The van der Waals surface area contributed by atoms with Crippen molar-refractivity contribution in [2.75, 3.05) is 13.1 Å². The molecule has 1 aromatic rings. The van der Waals surface area contributed by atoms with Gasteiger partial charge >= 0.3 is 0 Å². The smallest absolute Gasteiger partial charge is 0.294 e. The standard InChI is InChI=1S/C17H20N2O3S/c1-11(2)9-18-15(20)10-19-16(21)14(23-17(19)22)8-13-6-4-12(3)5-7-13/h4-8,11H,9-10H2,1-3H3,(H,18,20)/b14-8-. The van der Waals surface area contributed by atoms with Crippen LogP contribution < -0.4 is 5.32 Å². The Morgan fingerprint density at radius 2 is 1.91 bits per heavy atom. The highest BCUT2D eigenvalue weighted by Crippen LogP contribution is 2.31. The number of imide groups is 1. The fraction of sp³-hybridized carbons (Fsp3) is 0.353. The quantitative estimate of drug-likeness (QED) is 0.842. The minimum atomic E-state index is -0.416. The Labute approximate surface area is 140 Å². The Morgan fingerprint density at radius 1 is 1.26 bits per heavy atom. The molecule has 0 saturated carbocycles. The van der Waals surface area contributed by atoms with E-state index in [4.69, 9.17) is 0 Å². The lowest BCUT2D eigenvalue weighted by molar-refractivity contribution is -0.129. The predicted octanol–water partition coefficient (Wildman–Crippen LogP) is 2.80. The summed E-state index contributed by atoms with van der Waals surface area (Å²) in [6.07, 6.45) is 1.68. The number of carbonyl (C=O) groups is 3. The van der Waals surface area contributed by atoms with E-state index in [0.29, 0.717) is 17.4 Å². The molecule has 23 heavy (non-hydrogen) atoms. The third-order valence-corrected chi connectivity index (χ3v) is 4.17. The van der Waals surface area contributed by atoms with Crippen LogP contribution in [0.5, 0.6) is 0 Å². The molecule has 0 spiro atoms. The molecule has 0 bridgehead atoms. The fourth-order valence-corrected chi connectivity index (χ4v) is 2.81. The molecule has 3 amide bonds. The van der Waals surface area contributed by atoms with Crippen LogP contribution in [0, 0.1) is 12.8 Å². The first-order chi connectivity index (χ1) is 10.9. The maximum Gasteiger partial charge on any atom is 0.294 e. The third kappa shape index (κ3) is 4.69. The predicted molar refractivity (Wildman–Crippen MR) is 91.7 cm³/mol. The van der Waals surface area contributed by atoms with E-state index in [2.05, 4.69) is 5.32 Å². The Kier molecular flexibility index (Phi) is 5.60. The number of rotatable bonds is 5. The van der Waals surface area contributed by atoms with E-state index in [-0.39, 0.29) is 12.5 Å². The molecule has 1 saturated heterocycles. The van der Waals surface area contributed by atoms with E-state index in [1.807, 2.05) is 45.0 Å². The molecule has 2 rings (SSSR count). The molecule has 0 radical (unpaired) electrons. The SMILES string of the molecule is Cc1ccc(/C=C2\SC(=O)N(CC(=O)NCC(C)C)C2=O)cc1. The number of benzene rings is 1. The van der Waals surface area contributed by atoms with E-state index < -0.39 is 11.1 Å². The van der Waals surface area contributed by atoms with Crippen LogP contribution in [0.3, 0.4) is 0 Å². The van der Waals surface area contributed by atoms with E-state index in [1.165, 1.54) is 0 Å². The van der Waals surface area contributed by atoms with Crippen molar-refractivity contribution < 1.29 is 14.4 Å². The molecular weight excluding hydrogens is 312 g/mol. The number of thioether (sulfide) groups is 1. The molecule has 1 heterocycles. The normalized spacial score (nSPS) is 16.5. The summed E-state index contributed by atoms with van der Waals surface area (Å²) in [6, 6.07) is 7.65. The molecule has 1 fully saturated rings. The maximum atomic E-state index is 12.3. The van der Waals surface area contributed by atoms with Crippen molar-refractivity contribution in [3.05, 3.63) is 40.3 Å². The summed E-state index contributed by atoms with van der Waals surface area (Å²) < 4.78 is 0. The van der Waals surface area contributed by atoms with Gasteiger partial charge in [-0.2, -0.15) is 0 Å². The minimum Gasteiger partial charge on any atom is -0.354 e. The summed E-state index contributed by atoms with van der Waals surface area (Å²) in [5, 5.41) is 2.30. The molecule has 5 nitrogen and oxygen atoms in total. The van der Waals surface area contributed by atoms with Crippen LogP contribution in [0.1, 0.15) is 25.0 Å². The first-order valence-electron chi connectivity index (χ1n) is 7.45. The van der Waals surface area contributed by atoms with Crippen LogP contribution in [-0.4, -0.2) is 35.0 Å². The highest BCUT2D eigenvalue weighted by atomic mass is 32.2. The van der Waals surface area contributed by atoms with Gasteiger partial charge in [0.1, 0.15) is 6.54 Å². The van der Waals surface area contributed by atoms with Gasteiger partial charge in [0.05, 0.1) is 4.91 Å². The van der Waals surface area contributed by atoms with Crippen LogP contribution >= 0.6 is 11.8 Å². The summed E-state index contributed by atoms with van der Waals surface area (Å²) in [7, 11) is 0. The first kappa shape index (κ1) is 17.3. The maximum absolute atomic E-state index is 12.3. The fourth-order valence-electron chi connectivity index (χ4n) is 1.97. The van der Waals surface area contributed by atoms with Gasteiger partial charge in [-0.1, -0.05) is 43.7 Å². The van der Waals surface area contributed by atoms with Crippen molar-refractivity contribution >= 4 is 34.9 Å². The summed E-state index contributed by atoms with van der Waals surface area (Å²) in [4.78, 5) is 37.4. The molecular formula is C17H20N2O3S. The Balaban J connectivity index is 2.04. The van der Waals surface area contributed by atoms with Gasteiger partial charge in [-0.15, -0.1) is 0 Å². The monoisotopic (exact) mass is 332 g/mol. The summed E-state index contributed by atoms with van der Waals surface area (Å²) in [6.45, 7) is 6.22. The van der Waals surface area contributed by atoms with Crippen LogP contribution in [0.4, 0.5) is 4.79 Å². The minimum absolute atomic E-state index is 0.234. The molecule has 0 atom stereocenters. The zero-order chi connectivity index (χ0) is 17.0. The van der Waals surface area contributed by atoms with Gasteiger partial charge in [-0.25, -0.2) is 0 Å². The average molecular weight is 332 g/mol. The van der Waals surface area contributed by atoms with Crippen molar-refractivity contribution in [1.82, 2.24) is 10.2 Å². The van der Waals surface area contributed by atoms with Crippen LogP contribution in [-0.2, 0) is 9.59 Å². The zero-order valence-electron chi connectivity index (χ0n) is 13.5. The number of hydrogen-bond acceptors (Lipinski definition) is 4. The molecule has 1 aliphatic heterocycles. The van der Waals surface area contributed by atoms with Crippen LogP contribution in [0.15, 0.2) is 29.2 Å². The Bertz CT molecular complexity index is 650. The number of nitrogens with zero attached hydrogens (tertiary/aromatic N) is 1. The molecule has 0 unspecified atom stereocenters. The first-order valence-corrected chi connectivity index (χ1v) is 8.27. The van der Waals surface area contributed by atoms with Gasteiger partial charge in [0.25, 0.3) is 11.1 Å². The number of hydrogen-bond donors (Lipinski definition) is 1. The topological polar surface area (TPSA) is 66.5 Å². The molecule has 122 valence electrons. The molecule has 0 aromatic heterocycles. The number of nitrogens with one attached hydrogen (secondary N) is 1. The number of aryl methyl sites for hydroxylation is 1. The lowest BCUT2D eigenvalue weighted by Gasteiger charge is -2.13. The molecule has 6 heteroatoms. The average Bonchev–Trinajstić information content (AvgIpc) is 2.75. The van der Waals surface area contributed by atoms with Gasteiger partial charge in [0, 0.05) is 6.54 Å². The second-order valence-electron chi connectivity index (χ2n) is 5.88. The van der Waals surface area contributed by atoms with Gasteiger partial charge < -0.3 is 5.32 Å². The molecule has 1 aromatic carbocycles. The van der Waals surface area contributed by atoms with Crippen molar-refractivity contribution in [2.24, 2.45) is 5.92 Å².